The van der Waals surface area contributed by atoms with E-state index in [4.69, 9.17) is 4.98 Å². The minimum Gasteiger partial charge on any atom is -0.465 e. The van der Waals surface area contributed by atoms with Gasteiger partial charge < -0.3 is 30.6 Å². The molecule has 0 aliphatic carbocycles. The smallest absolute Gasteiger partial charge is 0.407 e. The van der Waals surface area contributed by atoms with Crippen LogP contribution in [0.5, 0.6) is 0 Å². The second-order valence-corrected chi connectivity index (χ2v) is 19.0. The van der Waals surface area contributed by atoms with E-state index in [1.54, 1.807) is 36.8 Å². The molecule has 0 radical (unpaired) electrons. The molecule has 1 aliphatic rings. The van der Waals surface area contributed by atoms with Crippen LogP contribution >= 0.6 is 0 Å². The lowest BCUT2D eigenvalue weighted by Crippen LogP contribution is -2.59. The lowest BCUT2D eigenvalue weighted by molar-refractivity contribution is -0.131. The predicted octanol–water partition coefficient (Wildman–Crippen LogP) is 7.15. The van der Waals surface area contributed by atoms with E-state index in [1.807, 2.05) is 112 Å². The Morgan fingerprint density at radius 1 is 0.790 bits per heavy atom. The average molecular weight is 848 g/mol. The van der Waals surface area contributed by atoms with Crippen LogP contribution in [0.4, 0.5) is 9.59 Å². The van der Waals surface area contributed by atoms with E-state index < -0.39 is 59.0 Å². The topological polar surface area (TPSA) is 168 Å². The van der Waals surface area contributed by atoms with Gasteiger partial charge in [-0.25, -0.2) is 9.59 Å². The van der Waals surface area contributed by atoms with Gasteiger partial charge in [0, 0.05) is 43.6 Å². The van der Waals surface area contributed by atoms with E-state index in [0.717, 1.165) is 38.7 Å². The summed E-state index contributed by atoms with van der Waals surface area (Å²) in [6.07, 6.45) is -0.0753. The molecule has 4 N–H and O–H groups in total. The summed E-state index contributed by atoms with van der Waals surface area (Å²) < 4.78 is 0. The zero-order valence-corrected chi connectivity index (χ0v) is 37.7. The van der Waals surface area contributed by atoms with Gasteiger partial charge in [-0.3, -0.25) is 24.5 Å². The number of benzene rings is 2. The van der Waals surface area contributed by atoms with Gasteiger partial charge in [0.05, 0.1) is 30.1 Å². The van der Waals surface area contributed by atoms with Crippen molar-refractivity contribution in [2.45, 2.75) is 117 Å². The van der Waals surface area contributed by atoms with Crippen LogP contribution in [0.1, 0.15) is 90.2 Å². The second kappa shape index (κ2) is 20.4. The minimum atomic E-state index is -1.24. The standard InChI is InChI=1S/C49H65N7O6/c1-32(2)38-20-15-18-36(51-38)31-55-26-27-56(46(55)60)43(49(6,7)8)45(59)53-40(29-33-16-11-10-12-17-33)41(57)30-37(52-44(58)42(48(3,4)5)54(9)47(61)62)28-34-21-23-35(24-22-34)39-19-13-14-25-50-39/h10-25,32,37,40-43,57H,26-31H2,1-9H3,(H,52,58)(H,53,59)(H,61,62)/t37-,40-,41-,42+,43+/m0/s1. The third-order valence-electron chi connectivity index (χ3n) is 11.4. The molecule has 5 amide bonds. The number of aromatic nitrogens is 2. The lowest BCUT2D eigenvalue weighted by atomic mass is 9.84. The first-order valence-electron chi connectivity index (χ1n) is 21.5. The normalized spacial score (nSPS) is 15.8. The van der Waals surface area contributed by atoms with Crippen LogP contribution in [0.3, 0.4) is 0 Å². The van der Waals surface area contributed by atoms with Crippen molar-refractivity contribution in [2.75, 3.05) is 20.1 Å². The first-order chi connectivity index (χ1) is 29.2. The number of carboxylic acid groups (broad SMARTS) is 1. The van der Waals surface area contributed by atoms with Crippen LogP contribution in [-0.4, -0.2) is 109 Å². The van der Waals surface area contributed by atoms with Gasteiger partial charge in [-0.2, -0.15) is 0 Å². The lowest BCUT2D eigenvalue weighted by Gasteiger charge is -2.38. The van der Waals surface area contributed by atoms with Crippen LogP contribution in [0, 0.1) is 10.8 Å². The predicted molar refractivity (Wildman–Crippen MR) is 241 cm³/mol. The van der Waals surface area contributed by atoms with Gasteiger partial charge in [0.25, 0.3) is 0 Å². The van der Waals surface area contributed by atoms with Gasteiger partial charge in [0.2, 0.25) is 11.8 Å². The molecule has 1 aliphatic heterocycles. The van der Waals surface area contributed by atoms with Gasteiger partial charge in [-0.05, 0) is 71.4 Å². The Morgan fingerprint density at radius 2 is 1.45 bits per heavy atom. The van der Waals surface area contributed by atoms with E-state index in [0.29, 0.717) is 26.1 Å². The molecule has 332 valence electrons. The van der Waals surface area contributed by atoms with Gasteiger partial charge in [0.15, 0.2) is 0 Å². The number of hydrogen-bond acceptors (Lipinski definition) is 7. The van der Waals surface area contributed by atoms with Crippen LogP contribution in [0.25, 0.3) is 11.3 Å². The molecule has 13 heteroatoms. The fraction of sp³-hybridized carbons (Fsp3) is 0.469. The summed E-state index contributed by atoms with van der Waals surface area (Å²) >= 11 is 0. The highest BCUT2D eigenvalue weighted by Gasteiger charge is 2.45. The molecule has 2 aromatic carbocycles. The number of carbonyl (C=O) groups excluding carboxylic acids is 3. The molecule has 0 bridgehead atoms. The number of aliphatic hydroxyl groups is 1. The van der Waals surface area contributed by atoms with Gasteiger partial charge in [-0.15, -0.1) is 0 Å². The van der Waals surface area contributed by atoms with E-state index >= 15 is 0 Å². The Kier molecular flexibility index (Phi) is 15.5. The maximum atomic E-state index is 14.7. The Bertz CT molecular complexity index is 2120. The molecule has 1 saturated heterocycles. The summed E-state index contributed by atoms with van der Waals surface area (Å²) in [5.41, 5.74) is 3.78. The Balaban J connectivity index is 1.42. The quantitative estimate of drug-likeness (QED) is 0.0869. The number of nitrogens with zero attached hydrogens (tertiary/aromatic N) is 5. The molecule has 2 aromatic heterocycles. The van der Waals surface area contributed by atoms with Crippen molar-refractivity contribution in [1.29, 1.82) is 0 Å². The summed E-state index contributed by atoms with van der Waals surface area (Å²) in [6, 6.07) is 25.2. The zero-order chi connectivity index (χ0) is 45.4. The third kappa shape index (κ3) is 12.4. The fourth-order valence-electron chi connectivity index (χ4n) is 8.33. The van der Waals surface area contributed by atoms with E-state index in [-0.39, 0.29) is 24.8 Å². The monoisotopic (exact) mass is 847 g/mol. The minimum absolute atomic E-state index is 0.0260. The van der Waals surface area contributed by atoms with Gasteiger partial charge in [0.1, 0.15) is 12.1 Å². The molecule has 62 heavy (non-hydrogen) atoms. The zero-order valence-electron chi connectivity index (χ0n) is 37.7. The second-order valence-electron chi connectivity index (χ2n) is 19.0. The molecule has 1 fully saturated rings. The Labute approximate surface area is 367 Å². The number of carbonyl (C=O) groups is 4. The number of urea groups is 1. The van der Waals surface area contributed by atoms with E-state index in [9.17, 15) is 29.4 Å². The molecule has 0 saturated carbocycles. The van der Waals surface area contributed by atoms with Crippen LogP contribution in [0.2, 0.25) is 0 Å². The van der Waals surface area contributed by atoms with Crippen molar-refractivity contribution >= 4 is 23.9 Å². The van der Waals surface area contributed by atoms with Crippen molar-refractivity contribution < 1.29 is 29.4 Å². The molecular formula is C49H65N7O6. The van der Waals surface area contributed by atoms with Gasteiger partial charge in [-0.1, -0.05) is 122 Å². The highest BCUT2D eigenvalue weighted by Crippen LogP contribution is 2.30. The van der Waals surface area contributed by atoms with Crippen LogP contribution in [-0.2, 0) is 29.0 Å². The maximum Gasteiger partial charge on any atom is 0.407 e. The van der Waals surface area contributed by atoms with Gasteiger partial charge >= 0.3 is 12.1 Å². The first kappa shape index (κ1) is 47.2. The molecular weight excluding hydrogens is 783 g/mol. The summed E-state index contributed by atoms with van der Waals surface area (Å²) in [5.74, 6) is -0.651. The molecule has 0 spiro atoms. The summed E-state index contributed by atoms with van der Waals surface area (Å²) in [6.45, 7) is 16.4. The number of pyridine rings is 2. The molecule has 5 atom stereocenters. The summed E-state index contributed by atoms with van der Waals surface area (Å²) in [5, 5.41) is 28.5. The highest BCUT2D eigenvalue weighted by atomic mass is 16.4. The van der Waals surface area contributed by atoms with Crippen molar-refractivity contribution in [3.63, 3.8) is 0 Å². The van der Waals surface area contributed by atoms with E-state index in [1.165, 1.54) is 7.05 Å². The molecule has 3 heterocycles. The number of hydrogen-bond donors (Lipinski definition) is 4. The van der Waals surface area contributed by atoms with Crippen LogP contribution < -0.4 is 10.6 Å². The largest absolute Gasteiger partial charge is 0.465 e. The number of amides is 5. The molecule has 4 aromatic rings. The van der Waals surface area contributed by atoms with Crippen molar-refractivity contribution in [1.82, 2.24) is 35.3 Å². The number of aliphatic hydroxyl groups excluding tert-OH is 1. The van der Waals surface area contributed by atoms with Crippen molar-refractivity contribution in [3.05, 3.63) is 120 Å². The molecule has 13 nitrogen and oxygen atoms in total. The van der Waals surface area contributed by atoms with Crippen LogP contribution in [0.15, 0.2) is 97.2 Å². The average Bonchev–Trinajstić information content (AvgIpc) is 3.55. The fourth-order valence-corrected chi connectivity index (χ4v) is 8.33. The summed E-state index contributed by atoms with van der Waals surface area (Å²) in [4.78, 5) is 68.6. The number of rotatable bonds is 17. The van der Waals surface area contributed by atoms with E-state index in [2.05, 4.69) is 29.5 Å². The first-order valence-corrected chi connectivity index (χ1v) is 21.5. The SMILES string of the molecule is CC(C)c1cccc(CN2CCN([C@H](C(=O)N[C@@H](Cc3ccccc3)[C@@H](O)C[C@H](Cc3ccc(-c4ccccn4)cc3)NC(=O)[C@@H](N(C)C(=O)O)C(C)(C)C)C(C)(C)C)C2=O)n1. The third-order valence-corrected chi connectivity index (χ3v) is 11.4. The highest BCUT2D eigenvalue weighted by molar-refractivity contribution is 5.89. The Hall–Kier alpha value is -5.82. The number of nitrogens with one attached hydrogen (secondary N) is 2. The van der Waals surface area contributed by atoms with Crippen molar-refractivity contribution in [3.8, 4) is 11.3 Å². The number of likely N-dealkylation sites (N-methyl/N-ethyl adjacent to an activating group) is 1. The maximum absolute atomic E-state index is 14.7. The van der Waals surface area contributed by atoms with Crippen molar-refractivity contribution in [2.24, 2.45) is 10.8 Å². The Morgan fingerprint density at radius 3 is 2.05 bits per heavy atom. The molecule has 5 rings (SSSR count). The molecule has 0 unspecified atom stereocenters. The summed E-state index contributed by atoms with van der Waals surface area (Å²) in [7, 11) is 1.38.